The second-order valence-corrected chi connectivity index (χ2v) is 5.70. The molecule has 3 rings (SSSR count). The predicted octanol–water partition coefficient (Wildman–Crippen LogP) is 1.75. The Labute approximate surface area is 131 Å². The maximum atomic E-state index is 11.7. The molecule has 2 heterocycles. The van der Waals surface area contributed by atoms with Crippen LogP contribution < -0.4 is 15.5 Å². The molecule has 0 spiro atoms. The molecular formula is C15H13N3O3S. The van der Waals surface area contributed by atoms with Gasteiger partial charge in [0.05, 0.1) is 10.7 Å². The van der Waals surface area contributed by atoms with Crippen LogP contribution in [0.25, 0.3) is 0 Å². The second-order valence-electron chi connectivity index (χ2n) is 4.64. The summed E-state index contributed by atoms with van der Waals surface area (Å²) in [5, 5.41) is 5.02. The quantitative estimate of drug-likeness (QED) is 0.642. The molecule has 7 heteroatoms. The summed E-state index contributed by atoms with van der Waals surface area (Å²) >= 11 is 1.57. The number of imide groups is 2. The van der Waals surface area contributed by atoms with Crippen LogP contribution in [0.2, 0.25) is 0 Å². The molecule has 0 saturated carbocycles. The number of nitrogens with zero attached hydrogens (tertiary/aromatic N) is 1. The molecule has 0 unspecified atom stereocenters. The molecule has 6 nitrogen and oxygen atoms in total. The molecule has 0 bridgehead atoms. The van der Waals surface area contributed by atoms with Crippen molar-refractivity contribution >= 4 is 35.3 Å². The van der Waals surface area contributed by atoms with Crippen molar-refractivity contribution in [1.29, 1.82) is 0 Å². The Bertz CT molecular complexity index is 717. The molecule has 0 atom stereocenters. The molecular weight excluding hydrogens is 302 g/mol. The SMILES string of the molecule is CCN1/C(=C/C=C2C(=O)NC(=O)NC2=O)Sc2ccccc21. The normalized spacial score (nSPS) is 19.1. The summed E-state index contributed by atoms with van der Waals surface area (Å²) in [7, 11) is 0. The number of anilines is 1. The lowest BCUT2D eigenvalue weighted by atomic mass is 10.2. The monoisotopic (exact) mass is 315 g/mol. The van der Waals surface area contributed by atoms with Crippen molar-refractivity contribution in [2.75, 3.05) is 11.4 Å². The van der Waals surface area contributed by atoms with Crippen LogP contribution in [0.15, 0.2) is 51.9 Å². The zero-order chi connectivity index (χ0) is 15.7. The van der Waals surface area contributed by atoms with Crippen LogP contribution in [-0.2, 0) is 9.59 Å². The largest absolute Gasteiger partial charge is 0.335 e. The van der Waals surface area contributed by atoms with Gasteiger partial charge < -0.3 is 4.90 Å². The van der Waals surface area contributed by atoms with E-state index in [4.69, 9.17) is 0 Å². The Morgan fingerprint density at radius 2 is 1.77 bits per heavy atom. The Balaban J connectivity index is 1.90. The minimum absolute atomic E-state index is 0.0836. The van der Waals surface area contributed by atoms with Crippen molar-refractivity contribution in [2.45, 2.75) is 11.8 Å². The lowest BCUT2D eigenvalue weighted by molar-refractivity contribution is -0.124. The fourth-order valence-electron chi connectivity index (χ4n) is 2.28. The van der Waals surface area contributed by atoms with Crippen molar-refractivity contribution in [2.24, 2.45) is 0 Å². The first-order chi connectivity index (χ1) is 10.6. The summed E-state index contributed by atoms with van der Waals surface area (Å²) in [6.07, 6.45) is 3.16. The Morgan fingerprint density at radius 3 is 2.45 bits per heavy atom. The Kier molecular flexibility index (Phi) is 3.72. The first-order valence-corrected chi connectivity index (χ1v) is 7.55. The van der Waals surface area contributed by atoms with Gasteiger partial charge in [0.15, 0.2) is 0 Å². The third-order valence-electron chi connectivity index (χ3n) is 3.29. The molecule has 1 aromatic carbocycles. The molecule has 1 fully saturated rings. The number of thioether (sulfide) groups is 1. The van der Waals surface area contributed by atoms with Crippen LogP contribution >= 0.6 is 11.8 Å². The van der Waals surface area contributed by atoms with E-state index in [1.165, 1.54) is 6.08 Å². The van der Waals surface area contributed by atoms with Gasteiger partial charge in [0.1, 0.15) is 5.57 Å². The van der Waals surface area contributed by atoms with E-state index in [2.05, 4.69) is 4.90 Å². The molecule has 22 heavy (non-hydrogen) atoms. The minimum atomic E-state index is -0.794. The standard InChI is InChI=1S/C15H13N3O3S/c1-2-18-10-5-3-4-6-11(10)22-12(18)8-7-9-13(19)16-15(21)17-14(9)20/h3-8H,2H2,1H3,(H2,16,17,19,20,21)/b12-8-. The average Bonchev–Trinajstić information content (AvgIpc) is 2.83. The van der Waals surface area contributed by atoms with Crippen molar-refractivity contribution in [3.05, 3.63) is 47.0 Å². The number of para-hydroxylation sites is 1. The van der Waals surface area contributed by atoms with Gasteiger partial charge in [-0.1, -0.05) is 23.9 Å². The number of urea groups is 1. The number of nitrogens with one attached hydrogen (secondary N) is 2. The van der Waals surface area contributed by atoms with Crippen LogP contribution in [0, 0.1) is 0 Å². The van der Waals surface area contributed by atoms with Crippen molar-refractivity contribution in [3.8, 4) is 0 Å². The van der Waals surface area contributed by atoms with Gasteiger partial charge in [-0.3, -0.25) is 20.2 Å². The highest BCUT2D eigenvalue weighted by atomic mass is 32.2. The van der Waals surface area contributed by atoms with Crippen LogP contribution in [0.1, 0.15) is 6.92 Å². The molecule has 0 radical (unpaired) electrons. The molecule has 0 aliphatic carbocycles. The lowest BCUT2D eigenvalue weighted by Crippen LogP contribution is -2.51. The number of barbiturate groups is 1. The lowest BCUT2D eigenvalue weighted by Gasteiger charge is -2.18. The summed E-state index contributed by atoms with van der Waals surface area (Å²) in [5.74, 6) is -1.37. The summed E-state index contributed by atoms with van der Waals surface area (Å²) in [4.78, 5) is 37.6. The fraction of sp³-hybridized carbons (Fsp3) is 0.133. The van der Waals surface area contributed by atoms with Crippen molar-refractivity contribution < 1.29 is 14.4 Å². The zero-order valence-corrected chi connectivity index (χ0v) is 12.6. The van der Waals surface area contributed by atoms with Gasteiger partial charge in [-0.15, -0.1) is 0 Å². The van der Waals surface area contributed by atoms with Crippen LogP contribution in [0.3, 0.4) is 0 Å². The van der Waals surface area contributed by atoms with Gasteiger partial charge in [-0.2, -0.15) is 0 Å². The number of carbonyl (C=O) groups excluding carboxylic acids is 3. The predicted molar refractivity (Wildman–Crippen MR) is 83.2 cm³/mol. The van der Waals surface area contributed by atoms with Gasteiger partial charge in [-0.25, -0.2) is 4.79 Å². The molecule has 2 aliphatic heterocycles. The van der Waals surface area contributed by atoms with Crippen LogP contribution in [-0.4, -0.2) is 24.4 Å². The molecule has 112 valence electrons. The number of carbonyl (C=O) groups is 3. The van der Waals surface area contributed by atoms with E-state index in [1.54, 1.807) is 17.8 Å². The van der Waals surface area contributed by atoms with Crippen molar-refractivity contribution in [3.63, 3.8) is 0 Å². The summed E-state index contributed by atoms with van der Waals surface area (Å²) in [6, 6.07) is 7.19. The Hall–Kier alpha value is -2.54. The van der Waals surface area contributed by atoms with Crippen molar-refractivity contribution in [1.82, 2.24) is 10.6 Å². The van der Waals surface area contributed by atoms with Crippen LogP contribution in [0.4, 0.5) is 10.5 Å². The number of hydrogen-bond donors (Lipinski definition) is 2. The van der Waals surface area contributed by atoms with Gasteiger partial charge in [0.25, 0.3) is 11.8 Å². The van der Waals surface area contributed by atoms with Crippen LogP contribution in [0.5, 0.6) is 0 Å². The molecule has 4 amide bonds. The number of hydrogen-bond acceptors (Lipinski definition) is 5. The van der Waals surface area contributed by atoms with E-state index in [0.29, 0.717) is 0 Å². The number of benzene rings is 1. The smallest absolute Gasteiger partial charge is 0.328 e. The maximum absolute atomic E-state index is 11.7. The zero-order valence-electron chi connectivity index (χ0n) is 11.8. The molecule has 0 aromatic heterocycles. The van der Waals surface area contributed by atoms with E-state index >= 15 is 0 Å². The number of fused-ring (bicyclic) bond motifs is 1. The molecule has 2 N–H and O–H groups in total. The summed E-state index contributed by atoms with van der Waals surface area (Å²) in [5.41, 5.74) is 1.02. The number of allylic oxidation sites excluding steroid dienone is 2. The highest BCUT2D eigenvalue weighted by molar-refractivity contribution is 8.03. The van der Waals surface area contributed by atoms with E-state index in [-0.39, 0.29) is 5.57 Å². The van der Waals surface area contributed by atoms with Gasteiger partial charge in [-0.05, 0) is 31.2 Å². The topological polar surface area (TPSA) is 78.5 Å². The maximum Gasteiger partial charge on any atom is 0.328 e. The molecule has 2 aliphatic rings. The minimum Gasteiger partial charge on any atom is -0.335 e. The number of amides is 4. The second kappa shape index (κ2) is 5.69. The van der Waals surface area contributed by atoms with Gasteiger partial charge in [0, 0.05) is 11.4 Å². The van der Waals surface area contributed by atoms with E-state index in [9.17, 15) is 14.4 Å². The fourth-order valence-corrected chi connectivity index (χ4v) is 3.41. The first kappa shape index (κ1) is 14.4. The first-order valence-electron chi connectivity index (χ1n) is 6.73. The van der Waals surface area contributed by atoms with Gasteiger partial charge in [0.2, 0.25) is 0 Å². The third kappa shape index (κ3) is 2.50. The highest BCUT2D eigenvalue weighted by Gasteiger charge is 2.28. The summed E-state index contributed by atoms with van der Waals surface area (Å²) in [6.45, 7) is 2.80. The number of rotatable bonds is 2. The summed E-state index contributed by atoms with van der Waals surface area (Å²) < 4.78 is 0. The molecule has 1 saturated heterocycles. The third-order valence-corrected chi connectivity index (χ3v) is 4.42. The van der Waals surface area contributed by atoms with Gasteiger partial charge >= 0.3 is 6.03 Å². The Morgan fingerprint density at radius 1 is 1.09 bits per heavy atom. The van der Waals surface area contributed by atoms with E-state index in [0.717, 1.165) is 22.2 Å². The van der Waals surface area contributed by atoms with E-state index in [1.807, 2.05) is 41.8 Å². The van der Waals surface area contributed by atoms with E-state index < -0.39 is 17.8 Å². The average molecular weight is 315 g/mol. The highest BCUT2D eigenvalue weighted by Crippen LogP contribution is 2.45. The molecule has 1 aromatic rings.